The van der Waals surface area contributed by atoms with Crippen molar-refractivity contribution in [2.75, 3.05) is 12.4 Å². The van der Waals surface area contributed by atoms with Crippen molar-refractivity contribution in [3.63, 3.8) is 0 Å². The van der Waals surface area contributed by atoms with Crippen LogP contribution in [0.1, 0.15) is 13.8 Å². The Morgan fingerprint density at radius 2 is 2.07 bits per heavy atom. The summed E-state index contributed by atoms with van der Waals surface area (Å²) in [6.45, 7) is 4.09. The number of hydrogen-bond donors (Lipinski definition) is 1. The molecule has 0 spiro atoms. The highest BCUT2D eigenvalue weighted by molar-refractivity contribution is 9.10. The van der Waals surface area contributed by atoms with Crippen LogP contribution in [0.5, 0.6) is 0 Å². The number of anilines is 1. The second-order valence-electron chi connectivity index (χ2n) is 3.48. The number of hydrogen-bond acceptors (Lipinski definition) is 2. The van der Waals surface area contributed by atoms with Gasteiger partial charge in [-0.15, -0.1) is 0 Å². The summed E-state index contributed by atoms with van der Waals surface area (Å²) in [5, 5.41) is 4.05. The lowest BCUT2D eigenvalue weighted by Crippen LogP contribution is -2.29. The SMILES string of the molecule is COC(C)C(C)Nc1cccc(Cl)c1Br. The molecule has 0 aromatic heterocycles. The van der Waals surface area contributed by atoms with E-state index in [0.29, 0.717) is 5.02 Å². The summed E-state index contributed by atoms with van der Waals surface area (Å²) in [6.07, 6.45) is 0.149. The standard InChI is InChI=1S/C11H15BrClNO/c1-7(8(2)15-3)14-10-6-4-5-9(13)11(10)12/h4-8,14H,1-3H3. The zero-order valence-corrected chi connectivity index (χ0v) is 11.4. The summed E-state index contributed by atoms with van der Waals surface area (Å²) < 4.78 is 6.13. The van der Waals surface area contributed by atoms with Crippen LogP contribution in [-0.4, -0.2) is 19.3 Å². The van der Waals surface area contributed by atoms with E-state index in [4.69, 9.17) is 16.3 Å². The smallest absolute Gasteiger partial charge is 0.0741 e. The maximum absolute atomic E-state index is 5.99. The Morgan fingerprint density at radius 1 is 1.40 bits per heavy atom. The maximum atomic E-state index is 5.99. The number of rotatable bonds is 4. The monoisotopic (exact) mass is 291 g/mol. The first-order valence-corrected chi connectivity index (χ1v) is 5.96. The average Bonchev–Trinajstić information content (AvgIpc) is 2.23. The number of methoxy groups -OCH3 is 1. The molecule has 1 aromatic rings. The molecule has 0 radical (unpaired) electrons. The molecule has 4 heteroatoms. The van der Waals surface area contributed by atoms with Gasteiger partial charge in [0.05, 0.1) is 21.3 Å². The van der Waals surface area contributed by atoms with E-state index in [-0.39, 0.29) is 12.1 Å². The van der Waals surface area contributed by atoms with Gasteiger partial charge in [-0.1, -0.05) is 17.7 Å². The van der Waals surface area contributed by atoms with E-state index in [9.17, 15) is 0 Å². The van der Waals surface area contributed by atoms with Crippen LogP contribution < -0.4 is 5.32 Å². The van der Waals surface area contributed by atoms with Crippen molar-refractivity contribution < 1.29 is 4.74 Å². The Bertz CT molecular complexity index is 332. The molecule has 0 aliphatic carbocycles. The topological polar surface area (TPSA) is 21.3 Å². The van der Waals surface area contributed by atoms with E-state index in [1.165, 1.54) is 0 Å². The fourth-order valence-corrected chi connectivity index (χ4v) is 1.74. The minimum atomic E-state index is 0.149. The van der Waals surface area contributed by atoms with Crippen molar-refractivity contribution in [1.82, 2.24) is 0 Å². The van der Waals surface area contributed by atoms with Gasteiger partial charge in [0.1, 0.15) is 0 Å². The van der Waals surface area contributed by atoms with Crippen molar-refractivity contribution in [2.24, 2.45) is 0 Å². The Morgan fingerprint density at radius 3 is 2.67 bits per heavy atom. The number of halogens is 2. The van der Waals surface area contributed by atoms with Gasteiger partial charge in [0.25, 0.3) is 0 Å². The third-order valence-corrected chi connectivity index (χ3v) is 3.81. The van der Waals surface area contributed by atoms with Gasteiger partial charge in [0.2, 0.25) is 0 Å². The summed E-state index contributed by atoms with van der Waals surface area (Å²) in [5.41, 5.74) is 0.985. The maximum Gasteiger partial charge on any atom is 0.0741 e. The lowest BCUT2D eigenvalue weighted by atomic mass is 10.2. The molecule has 0 aliphatic heterocycles. The molecule has 0 fully saturated rings. The van der Waals surface area contributed by atoms with Gasteiger partial charge in [0.15, 0.2) is 0 Å². The Kier molecular flexibility index (Phi) is 4.90. The first kappa shape index (κ1) is 12.8. The minimum absolute atomic E-state index is 0.149. The number of nitrogens with one attached hydrogen (secondary N) is 1. The van der Waals surface area contributed by atoms with Gasteiger partial charge < -0.3 is 10.1 Å². The summed E-state index contributed by atoms with van der Waals surface area (Å²) >= 11 is 9.44. The molecule has 84 valence electrons. The van der Waals surface area contributed by atoms with Crippen LogP contribution in [0.2, 0.25) is 5.02 Å². The zero-order valence-electron chi connectivity index (χ0n) is 9.05. The zero-order chi connectivity index (χ0) is 11.4. The van der Waals surface area contributed by atoms with Crippen molar-refractivity contribution >= 4 is 33.2 Å². The predicted octanol–water partition coefficient (Wildman–Crippen LogP) is 3.94. The fraction of sp³-hybridized carbons (Fsp3) is 0.455. The van der Waals surface area contributed by atoms with Crippen molar-refractivity contribution in [3.05, 3.63) is 27.7 Å². The summed E-state index contributed by atoms with van der Waals surface area (Å²) in [5.74, 6) is 0. The van der Waals surface area contributed by atoms with Crippen molar-refractivity contribution in [2.45, 2.75) is 26.0 Å². The highest BCUT2D eigenvalue weighted by atomic mass is 79.9. The molecule has 2 atom stereocenters. The predicted molar refractivity (Wildman–Crippen MR) is 68.7 cm³/mol. The van der Waals surface area contributed by atoms with Crippen LogP contribution in [0.4, 0.5) is 5.69 Å². The normalized spacial score (nSPS) is 14.7. The van der Waals surface area contributed by atoms with Crippen LogP contribution >= 0.6 is 27.5 Å². The quantitative estimate of drug-likeness (QED) is 0.907. The minimum Gasteiger partial charge on any atom is -0.380 e. The molecule has 2 nitrogen and oxygen atoms in total. The largest absolute Gasteiger partial charge is 0.380 e. The van der Waals surface area contributed by atoms with Crippen LogP contribution in [-0.2, 0) is 4.74 Å². The molecule has 1 rings (SSSR count). The van der Waals surface area contributed by atoms with Crippen LogP contribution in [0.15, 0.2) is 22.7 Å². The van der Waals surface area contributed by atoms with Gasteiger partial charge in [-0.25, -0.2) is 0 Å². The number of ether oxygens (including phenoxy) is 1. The van der Waals surface area contributed by atoms with Gasteiger partial charge in [-0.05, 0) is 41.9 Å². The average molecular weight is 293 g/mol. The van der Waals surface area contributed by atoms with Crippen LogP contribution in [0.25, 0.3) is 0 Å². The van der Waals surface area contributed by atoms with Gasteiger partial charge in [-0.3, -0.25) is 0 Å². The summed E-state index contributed by atoms with van der Waals surface area (Å²) in [4.78, 5) is 0. The first-order valence-electron chi connectivity index (χ1n) is 4.79. The van der Waals surface area contributed by atoms with E-state index in [1.807, 2.05) is 25.1 Å². The molecule has 0 heterocycles. The second kappa shape index (κ2) is 5.73. The number of benzene rings is 1. The molecule has 15 heavy (non-hydrogen) atoms. The molecule has 0 saturated heterocycles. The molecular formula is C11H15BrClNO. The molecule has 0 bridgehead atoms. The molecular weight excluding hydrogens is 277 g/mol. The summed E-state index contributed by atoms with van der Waals surface area (Å²) in [6, 6.07) is 5.97. The van der Waals surface area contributed by atoms with Crippen LogP contribution in [0.3, 0.4) is 0 Å². The highest BCUT2D eigenvalue weighted by Crippen LogP contribution is 2.30. The molecule has 1 aromatic carbocycles. The van der Waals surface area contributed by atoms with E-state index in [0.717, 1.165) is 10.2 Å². The Hall–Kier alpha value is -0.250. The van der Waals surface area contributed by atoms with Crippen molar-refractivity contribution in [1.29, 1.82) is 0 Å². The first-order chi connectivity index (χ1) is 7.06. The third-order valence-electron chi connectivity index (χ3n) is 2.41. The molecule has 0 saturated carbocycles. The Balaban J connectivity index is 2.76. The van der Waals surface area contributed by atoms with Crippen LogP contribution in [0, 0.1) is 0 Å². The van der Waals surface area contributed by atoms with Gasteiger partial charge in [0, 0.05) is 13.2 Å². The van der Waals surface area contributed by atoms with E-state index < -0.39 is 0 Å². The molecule has 2 unspecified atom stereocenters. The highest BCUT2D eigenvalue weighted by Gasteiger charge is 2.12. The Labute approximate surface area is 104 Å². The molecule has 0 aliphatic rings. The van der Waals surface area contributed by atoms with Gasteiger partial charge >= 0.3 is 0 Å². The summed E-state index contributed by atoms with van der Waals surface area (Å²) in [7, 11) is 1.70. The van der Waals surface area contributed by atoms with Gasteiger partial charge in [-0.2, -0.15) is 0 Å². The lowest BCUT2D eigenvalue weighted by molar-refractivity contribution is 0.106. The lowest BCUT2D eigenvalue weighted by Gasteiger charge is -2.21. The van der Waals surface area contributed by atoms with E-state index >= 15 is 0 Å². The molecule has 1 N–H and O–H groups in total. The molecule has 0 amide bonds. The third kappa shape index (κ3) is 3.37. The van der Waals surface area contributed by atoms with Crippen molar-refractivity contribution in [3.8, 4) is 0 Å². The fourth-order valence-electron chi connectivity index (χ4n) is 1.18. The van der Waals surface area contributed by atoms with E-state index in [1.54, 1.807) is 7.11 Å². The second-order valence-corrected chi connectivity index (χ2v) is 4.68. The van der Waals surface area contributed by atoms with E-state index in [2.05, 4.69) is 28.2 Å².